The number of hydrogen-bond acceptors (Lipinski definition) is 5. The second-order valence-electron chi connectivity index (χ2n) is 7.74. The van der Waals surface area contributed by atoms with E-state index < -0.39 is 0 Å². The van der Waals surface area contributed by atoms with Gasteiger partial charge in [-0.25, -0.2) is 0 Å². The highest BCUT2D eigenvalue weighted by Crippen LogP contribution is 2.29. The zero-order valence-electron chi connectivity index (χ0n) is 18.6. The number of carbonyl (C=O) groups excluding carboxylic acids is 1. The molecule has 1 aliphatic heterocycles. The Balaban J connectivity index is 1.44. The Bertz CT molecular complexity index is 859. The normalized spacial score (nSPS) is 14.8. The number of rotatable bonds is 9. The van der Waals surface area contributed by atoms with Crippen molar-refractivity contribution < 1.29 is 19.0 Å². The van der Waals surface area contributed by atoms with Crippen molar-refractivity contribution in [1.29, 1.82) is 0 Å². The number of amides is 1. The summed E-state index contributed by atoms with van der Waals surface area (Å²) in [6.45, 7) is 8.61. The molecular weight excluding hydrogens is 392 g/mol. The van der Waals surface area contributed by atoms with Gasteiger partial charge in [-0.1, -0.05) is 24.3 Å². The van der Waals surface area contributed by atoms with E-state index in [9.17, 15) is 4.79 Å². The molecule has 3 rings (SSSR count). The fourth-order valence-corrected chi connectivity index (χ4v) is 3.41. The summed E-state index contributed by atoms with van der Waals surface area (Å²) < 4.78 is 16.9. The van der Waals surface area contributed by atoms with Gasteiger partial charge in [-0.15, -0.1) is 0 Å². The molecule has 31 heavy (non-hydrogen) atoms. The van der Waals surface area contributed by atoms with E-state index in [0.717, 1.165) is 44.0 Å². The van der Waals surface area contributed by atoms with Gasteiger partial charge >= 0.3 is 0 Å². The topological polar surface area (TPSA) is 51.2 Å². The lowest BCUT2D eigenvalue weighted by atomic mass is 10.1. The first-order chi connectivity index (χ1) is 15.0. The van der Waals surface area contributed by atoms with E-state index in [1.54, 1.807) is 13.2 Å². The Morgan fingerprint density at radius 3 is 2.45 bits per heavy atom. The average Bonchev–Trinajstić information content (AvgIpc) is 2.79. The zero-order valence-corrected chi connectivity index (χ0v) is 18.6. The molecule has 0 bridgehead atoms. The van der Waals surface area contributed by atoms with Gasteiger partial charge in [0.05, 0.1) is 13.2 Å². The Hall–Kier alpha value is -2.99. The Morgan fingerprint density at radius 1 is 1.03 bits per heavy atom. The monoisotopic (exact) mass is 424 g/mol. The summed E-state index contributed by atoms with van der Waals surface area (Å²) >= 11 is 0. The van der Waals surface area contributed by atoms with E-state index in [1.165, 1.54) is 0 Å². The minimum atomic E-state index is 0.0293. The molecule has 0 atom stereocenters. The van der Waals surface area contributed by atoms with Gasteiger partial charge in [0, 0.05) is 38.8 Å². The van der Waals surface area contributed by atoms with Crippen molar-refractivity contribution in [2.24, 2.45) is 0 Å². The van der Waals surface area contributed by atoms with Crippen LogP contribution >= 0.6 is 0 Å². The van der Waals surface area contributed by atoms with Crippen molar-refractivity contribution in [2.75, 3.05) is 46.4 Å². The van der Waals surface area contributed by atoms with Gasteiger partial charge in [-0.05, 0) is 49.8 Å². The van der Waals surface area contributed by atoms with Gasteiger partial charge in [0.2, 0.25) is 5.91 Å². The molecule has 1 amide bonds. The fraction of sp³-hybridized carbons (Fsp3) is 0.400. The summed E-state index contributed by atoms with van der Waals surface area (Å²) in [5.74, 6) is 2.28. The van der Waals surface area contributed by atoms with Crippen LogP contribution in [-0.4, -0.2) is 68.3 Å². The van der Waals surface area contributed by atoms with Crippen LogP contribution < -0.4 is 14.2 Å². The SMILES string of the molecule is COc1cc(C=CC(=O)N2CCN(CCOc3ccccc3)CC2)ccc1OC(C)C. The molecule has 1 heterocycles. The van der Waals surface area contributed by atoms with Crippen LogP contribution in [0.5, 0.6) is 17.2 Å². The molecule has 6 heteroatoms. The van der Waals surface area contributed by atoms with Gasteiger partial charge < -0.3 is 19.1 Å². The molecule has 0 radical (unpaired) electrons. The number of methoxy groups -OCH3 is 1. The van der Waals surface area contributed by atoms with Crippen molar-refractivity contribution >= 4 is 12.0 Å². The van der Waals surface area contributed by atoms with E-state index >= 15 is 0 Å². The van der Waals surface area contributed by atoms with Crippen LogP contribution in [0.3, 0.4) is 0 Å². The van der Waals surface area contributed by atoms with Gasteiger partial charge in [0.15, 0.2) is 11.5 Å². The number of hydrogen-bond donors (Lipinski definition) is 0. The van der Waals surface area contributed by atoms with Crippen LogP contribution in [-0.2, 0) is 4.79 Å². The largest absolute Gasteiger partial charge is 0.493 e. The van der Waals surface area contributed by atoms with E-state index in [4.69, 9.17) is 14.2 Å². The van der Waals surface area contributed by atoms with Crippen LogP contribution in [0.4, 0.5) is 0 Å². The molecule has 166 valence electrons. The molecule has 2 aromatic rings. The van der Waals surface area contributed by atoms with Crippen molar-refractivity contribution in [3.05, 3.63) is 60.2 Å². The lowest BCUT2D eigenvalue weighted by Gasteiger charge is -2.34. The molecule has 0 unspecified atom stereocenters. The number of piperazine rings is 1. The highest BCUT2D eigenvalue weighted by Gasteiger charge is 2.19. The molecule has 1 aliphatic rings. The van der Waals surface area contributed by atoms with Crippen LogP contribution in [0.2, 0.25) is 0 Å². The Morgan fingerprint density at radius 2 is 1.77 bits per heavy atom. The van der Waals surface area contributed by atoms with Crippen molar-refractivity contribution in [1.82, 2.24) is 9.80 Å². The third-order valence-corrected chi connectivity index (χ3v) is 5.07. The number of para-hydroxylation sites is 1. The number of ether oxygens (including phenoxy) is 3. The first kappa shape index (κ1) is 22.7. The first-order valence-corrected chi connectivity index (χ1v) is 10.8. The summed E-state index contributed by atoms with van der Waals surface area (Å²) in [5, 5.41) is 0. The van der Waals surface area contributed by atoms with Crippen LogP contribution in [0.15, 0.2) is 54.6 Å². The zero-order chi connectivity index (χ0) is 22.1. The van der Waals surface area contributed by atoms with Crippen molar-refractivity contribution in [2.45, 2.75) is 20.0 Å². The van der Waals surface area contributed by atoms with E-state index in [-0.39, 0.29) is 12.0 Å². The lowest BCUT2D eigenvalue weighted by molar-refractivity contribution is -0.127. The van der Waals surface area contributed by atoms with E-state index in [1.807, 2.05) is 73.4 Å². The second kappa shape index (κ2) is 11.4. The van der Waals surface area contributed by atoms with Crippen molar-refractivity contribution in [3.8, 4) is 17.2 Å². The van der Waals surface area contributed by atoms with Gasteiger partial charge in [0.1, 0.15) is 12.4 Å². The predicted octanol–water partition coefficient (Wildman–Crippen LogP) is 3.72. The maximum atomic E-state index is 12.6. The minimum absolute atomic E-state index is 0.0293. The lowest BCUT2D eigenvalue weighted by Crippen LogP contribution is -2.49. The van der Waals surface area contributed by atoms with Gasteiger partial charge in [-0.2, -0.15) is 0 Å². The van der Waals surface area contributed by atoms with Crippen LogP contribution in [0.1, 0.15) is 19.4 Å². The summed E-state index contributed by atoms with van der Waals surface area (Å²) in [6.07, 6.45) is 3.52. The van der Waals surface area contributed by atoms with Crippen LogP contribution in [0.25, 0.3) is 6.08 Å². The average molecular weight is 425 g/mol. The molecule has 0 aromatic heterocycles. The molecule has 0 N–H and O–H groups in total. The standard InChI is InChI=1S/C25H32N2O4/c1-20(2)31-23-11-9-21(19-24(23)29-3)10-12-25(28)27-15-13-26(14-16-27)17-18-30-22-7-5-4-6-8-22/h4-12,19-20H,13-18H2,1-3H3. The fourth-order valence-electron chi connectivity index (χ4n) is 3.41. The summed E-state index contributed by atoms with van der Waals surface area (Å²) in [7, 11) is 1.62. The van der Waals surface area contributed by atoms with Crippen molar-refractivity contribution in [3.63, 3.8) is 0 Å². The minimum Gasteiger partial charge on any atom is -0.493 e. The molecule has 1 fully saturated rings. The van der Waals surface area contributed by atoms with Gasteiger partial charge in [-0.3, -0.25) is 9.69 Å². The number of benzene rings is 2. The number of carbonyl (C=O) groups is 1. The molecule has 0 saturated carbocycles. The summed E-state index contributed by atoms with van der Waals surface area (Å²) in [6, 6.07) is 15.5. The molecule has 0 spiro atoms. The Labute approximate surface area is 185 Å². The molecule has 6 nitrogen and oxygen atoms in total. The summed E-state index contributed by atoms with van der Waals surface area (Å²) in [4.78, 5) is 16.8. The summed E-state index contributed by atoms with van der Waals surface area (Å²) in [5.41, 5.74) is 0.901. The second-order valence-corrected chi connectivity index (χ2v) is 7.74. The maximum Gasteiger partial charge on any atom is 0.246 e. The quantitative estimate of drug-likeness (QED) is 0.575. The first-order valence-electron chi connectivity index (χ1n) is 10.8. The Kier molecular flexibility index (Phi) is 8.35. The third kappa shape index (κ3) is 7.03. The third-order valence-electron chi connectivity index (χ3n) is 5.07. The maximum absolute atomic E-state index is 12.6. The van der Waals surface area contributed by atoms with Crippen LogP contribution in [0, 0.1) is 0 Å². The van der Waals surface area contributed by atoms with E-state index in [2.05, 4.69) is 4.90 Å². The molecule has 1 saturated heterocycles. The molecular formula is C25H32N2O4. The highest BCUT2D eigenvalue weighted by atomic mass is 16.5. The van der Waals surface area contributed by atoms with Gasteiger partial charge in [0.25, 0.3) is 0 Å². The predicted molar refractivity (Wildman–Crippen MR) is 123 cm³/mol. The molecule has 2 aromatic carbocycles. The highest BCUT2D eigenvalue weighted by molar-refractivity contribution is 5.92. The smallest absolute Gasteiger partial charge is 0.246 e. The van der Waals surface area contributed by atoms with E-state index in [0.29, 0.717) is 18.1 Å². The number of nitrogens with zero attached hydrogens (tertiary/aromatic N) is 2. The molecule has 0 aliphatic carbocycles.